The zero-order valence-corrected chi connectivity index (χ0v) is 10.2. The fourth-order valence-electron chi connectivity index (χ4n) is 1.36. The van der Waals surface area contributed by atoms with Crippen LogP contribution in [0.3, 0.4) is 0 Å². The number of amides is 1. The lowest BCUT2D eigenvalue weighted by atomic mass is 10.2. The van der Waals surface area contributed by atoms with Crippen molar-refractivity contribution in [3.05, 3.63) is 52.4 Å². The minimum absolute atomic E-state index is 0.240. The van der Waals surface area contributed by atoms with E-state index in [1.807, 2.05) is 25.1 Å². The molecule has 1 aromatic carbocycles. The molecule has 0 saturated heterocycles. The molecule has 2 aromatic rings. The van der Waals surface area contributed by atoms with E-state index in [1.54, 1.807) is 12.1 Å². The van der Waals surface area contributed by atoms with Gasteiger partial charge in [-0.2, -0.15) is 0 Å². The van der Waals surface area contributed by atoms with Gasteiger partial charge < -0.3 is 9.73 Å². The monoisotopic (exact) mass is 279 g/mol. The van der Waals surface area contributed by atoms with E-state index in [2.05, 4.69) is 21.2 Å². The van der Waals surface area contributed by atoms with Crippen LogP contribution in [0.4, 0.5) is 5.69 Å². The number of nitrogens with one attached hydrogen (secondary N) is 1. The van der Waals surface area contributed by atoms with Gasteiger partial charge in [-0.3, -0.25) is 4.79 Å². The first-order valence-corrected chi connectivity index (χ1v) is 5.57. The Balaban J connectivity index is 2.18. The summed E-state index contributed by atoms with van der Waals surface area (Å²) in [6.45, 7) is 1.93. The molecule has 2 rings (SSSR count). The molecule has 82 valence electrons. The summed E-state index contributed by atoms with van der Waals surface area (Å²) in [7, 11) is 0. The first-order valence-electron chi connectivity index (χ1n) is 4.78. The SMILES string of the molecule is Cc1cc(Br)ccc1NC(=O)c1ccco1. The largest absolute Gasteiger partial charge is 0.459 e. The number of rotatable bonds is 2. The highest BCUT2D eigenvalue weighted by Crippen LogP contribution is 2.20. The van der Waals surface area contributed by atoms with Crippen molar-refractivity contribution in [2.45, 2.75) is 6.92 Å². The van der Waals surface area contributed by atoms with Crippen LogP contribution in [0.15, 0.2) is 45.5 Å². The van der Waals surface area contributed by atoms with Crippen LogP contribution in [-0.4, -0.2) is 5.91 Å². The van der Waals surface area contributed by atoms with E-state index in [0.29, 0.717) is 5.76 Å². The molecule has 0 radical (unpaired) electrons. The molecular weight excluding hydrogens is 270 g/mol. The Morgan fingerprint density at radius 2 is 2.19 bits per heavy atom. The predicted octanol–water partition coefficient (Wildman–Crippen LogP) is 3.60. The number of furan rings is 1. The number of carbonyl (C=O) groups is 1. The normalized spacial score (nSPS) is 10.1. The standard InChI is InChI=1S/C12H10BrNO2/c1-8-7-9(13)4-5-10(8)14-12(15)11-3-2-6-16-11/h2-7H,1H3,(H,14,15). The maximum Gasteiger partial charge on any atom is 0.291 e. The van der Waals surface area contributed by atoms with Crippen molar-refractivity contribution < 1.29 is 9.21 Å². The molecule has 0 saturated carbocycles. The van der Waals surface area contributed by atoms with Crippen molar-refractivity contribution in [3.63, 3.8) is 0 Å². The van der Waals surface area contributed by atoms with Gasteiger partial charge in [0.2, 0.25) is 0 Å². The number of carbonyl (C=O) groups excluding carboxylic acids is 1. The Kier molecular flexibility index (Phi) is 3.10. The summed E-state index contributed by atoms with van der Waals surface area (Å²) in [5, 5.41) is 2.79. The van der Waals surface area contributed by atoms with Gasteiger partial charge in [0.05, 0.1) is 6.26 Å². The summed E-state index contributed by atoms with van der Waals surface area (Å²) in [5.41, 5.74) is 1.78. The molecule has 1 heterocycles. The van der Waals surface area contributed by atoms with Gasteiger partial charge in [-0.25, -0.2) is 0 Å². The first kappa shape index (κ1) is 11.0. The highest BCUT2D eigenvalue weighted by atomic mass is 79.9. The Morgan fingerprint density at radius 1 is 1.38 bits per heavy atom. The van der Waals surface area contributed by atoms with E-state index in [1.165, 1.54) is 6.26 Å². The van der Waals surface area contributed by atoms with Crippen molar-refractivity contribution in [1.29, 1.82) is 0 Å². The van der Waals surface area contributed by atoms with Crippen LogP contribution in [0, 0.1) is 6.92 Å². The van der Waals surface area contributed by atoms with E-state index in [-0.39, 0.29) is 5.91 Å². The van der Waals surface area contributed by atoms with Crippen LogP contribution in [0.25, 0.3) is 0 Å². The summed E-state index contributed by atoms with van der Waals surface area (Å²) in [6.07, 6.45) is 1.48. The Bertz CT molecular complexity index is 506. The zero-order valence-electron chi connectivity index (χ0n) is 8.66. The molecule has 0 aliphatic carbocycles. The Labute approximate surface area is 102 Å². The number of benzene rings is 1. The third-order valence-electron chi connectivity index (χ3n) is 2.18. The number of anilines is 1. The molecule has 0 atom stereocenters. The van der Waals surface area contributed by atoms with Crippen molar-refractivity contribution in [3.8, 4) is 0 Å². The van der Waals surface area contributed by atoms with Gasteiger partial charge >= 0.3 is 0 Å². The lowest BCUT2D eigenvalue weighted by molar-refractivity contribution is 0.0996. The maximum atomic E-state index is 11.7. The van der Waals surface area contributed by atoms with E-state index in [4.69, 9.17) is 4.42 Å². The molecular formula is C12H10BrNO2. The lowest BCUT2D eigenvalue weighted by Gasteiger charge is -2.06. The van der Waals surface area contributed by atoms with Gasteiger partial charge in [0.25, 0.3) is 5.91 Å². The fourth-order valence-corrected chi connectivity index (χ4v) is 1.83. The summed E-state index contributed by atoms with van der Waals surface area (Å²) >= 11 is 3.37. The topological polar surface area (TPSA) is 42.2 Å². The Morgan fingerprint density at radius 3 is 2.81 bits per heavy atom. The third-order valence-corrected chi connectivity index (χ3v) is 2.67. The molecule has 1 N–H and O–H groups in total. The molecule has 0 unspecified atom stereocenters. The highest BCUT2D eigenvalue weighted by molar-refractivity contribution is 9.10. The molecule has 1 amide bonds. The van der Waals surface area contributed by atoms with Crippen LogP contribution >= 0.6 is 15.9 Å². The fraction of sp³-hybridized carbons (Fsp3) is 0.0833. The second-order valence-corrected chi connectivity index (χ2v) is 4.31. The van der Waals surface area contributed by atoms with Crippen LogP contribution in [0.5, 0.6) is 0 Å². The number of hydrogen-bond donors (Lipinski definition) is 1. The number of hydrogen-bond acceptors (Lipinski definition) is 2. The van der Waals surface area contributed by atoms with Crippen molar-refractivity contribution in [2.24, 2.45) is 0 Å². The minimum Gasteiger partial charge on any atom is -0.459 e. The summed E-state index contributed by atoms with van der Waals surface area (Å²) in [6, 6.07) is 8.98. The van der Waals surface area contributed by atoms with Gasteiger partial charge in [-0.15, -0.1) is 0 Å². The zero-order chi connectivity index (χ0) is 11.5. The van der Waals surface area contributed by atoms with Crippen LogP contribution in [0.1, 0.15) is 16.1 Å². The molecule has 1 aromatic heterocycles. The van der Waals surface area contributed by atoms with Crippen molar-refractivity contribution >= 4 is 27.5 Å². The quantitative estimate of drug-likeness (QED) is 0.913. The van der Waals surface area contributed by atoms with Crippen LogP contribution in [0.2, 0.25) is 0 Å². The van der Waals surface area contributed by atoms with Gasteiger partial charge in [-0.1, -0.05) is 15.9 Å². The third kappa shape index (κ3) is 2.33. The van der Waals surface area contributed by atoms with E-state index < -0.39 is 0 Å². The molecule has 4 heteroatoms. The van der Waals surface area contributed by atoms with E-state index in [9.17, 15) is 4.79 Å². The van der Waals surface area contributed by atoms with Gasteiger partial charge in [0.1, 0.15) is 0 Å². The van der Waals surface area contributed by atoms with E-state index in [0.717, 1.165) is 15.7 Å². The molecule has 0 spiro atoms. The molecule has 0 fully saturated rings. The van der Waals surface area contributed by atoms with E-state index >= 15 is 0 Å². The second kappa shape index (κ2) is 4.53. The van der Waals surface area contributed by atoms with Gasteiger partial charge in [-0.05, 0) is 42.8 Å². The smallest absolute Gasteiger partial charge is 0.291 e. The Hall–Kier alpha value is -1.55. The number of halogens is 1. The maximum absolute atomic E-state index is 11.7. The number of aryl methyl sites for hydroxylation is 1. The molecule has 0 aliphatic heterocycles. The minimum atomic E-state index is -0.240. The van der Waals surface area contributed by atoms with Gasteiger partial charge in [0, 0.05) is 10.2 Å². The van der Waals surface area contributed by atoms with Crippen LogP contribution < -0.4 is 5.32 Å². The lowest BCUT2D eigenvalue weighted by Crippen LogP contribution is -2.11. The summed E-state index contributed by atoms with van der Waals surface area (Å²) in [4.78, 5) is 11.7. The second-order valence-electron chi connectivity index (χ2n) is 3.39. The van der Waals surface area contributed by atoms with Crippen molar-refractivity contribution in [1.82, 2.24) is 0 Å². The van der Waals surface area contributed by atoms with Crippen LogP contribution in [-0.2, 0) is 0 Å². The molecule has 0 bridgehead atoms. The average molecular weight is 280 g/mol. The first-order chi connectivity index (χ1) is 7.66. The average Bonchev–Trinajstić information content (AvgIpc) is 2.75. The molecule has 0 aliphatic rings. The van der Waals surface area contributed by atoms with Gasteiger partial charge in [0.15, 0.2) is 5.76 Å². The summed E-state index contributed by atoms with van der Waals surface area (Å²) in [5.74, 6) is 0.0674. The summed E-state index contributed by atoms with van der Waals surface area (Å²) < 4.78 is 6.00. The van der Waals surface area contributed by atoms with Crippen molar-refractivity contribution in [2.75, 3.05) is 5.32 Å². The highest BCUT2D eigenvalue weighted by Gasteiger charge is 2.09. The predicted molar refractivity (Wildman–Crippen MR) is 65.5 cm³/mol. The molecule has 16 heavy (non-hydrogen) atoms. The molecule has 3 nitrogen and oxygen atoms in total.